The van der Waals surface area contributed by atoms with Gasteiger partial charge < -0.3 is 10.1 Å². The van der Waals surface area contributed by atoms with Crippen LogP contribution in [0.1, 0.15) is 49.1 Å². The first-order chi connectivity index (χ1) is 12.2. The van der Waals surface area contributed by atoms with Crippen LogP contribution < -0.4 is 5.32 Å². The Hall–Kier alpha value is -2.14. The minimum absolute atomic E-state index is 0.156. The molecule has 0 aliphatic heterocycles. The highest BCUT2D eigenvalue weighted by atomic mass is 16.5. The molecule has 25 heavy (non-hydrogen) atoms. The molecule has 0 bridgehead atoms. The molecule has 1 atom stereocenters. The van der Waals surface area contributed by atoms with Crippen LogP contribution in [0.5, 0.6) is 0 Å². The number of ether oxygens (including phenoxy) is 1. The number of carbonyl (C=O) groups is 1. The number of aromatic nitrogens is 2. The summed E-state index contributed by atoms with van der Waals surface area (Å²) in [4.78, 5) is 13.2. The van der Waals surface area contributed by atoms with Gasteiger partial charge in [0.1, 0.15) is 0 Å². The number of carbonyl (C=O) groups excluding carboxylic acids is 1. The normalized spacial score (nSPS) is 23.7. The molecule has 1 heterocycles. The van der Waals surface area contributed by atoms with Gasteiger partial charge in [-0.25, -0.2) is 0 Å². The third-order valence-electron chi connectivity index (χ3n) is 6.01. The highest BCUT2D eigenvalue weighted by Crippen LogP contribution is 2.72. The lowest BCUT2D eigenvalue weighted by Crippen LogP contribution is -2.38. The Morgan fingerprint density at radius 2 is 2.04 bits per heavy atom. The molecule has 132 valence electrons. The number of nitrogens with zero attached hydrogens (tertiary/aromatic N) is 1. The summed E-state index contributed by atoms with van der Waals surface area (Å²) >= 11 is 0. The van der Waals surface area contributed by atoms with Crippen LogP contribution in [0.3, 0.4) is 0 Å². The Morgan fingerprint density at radius 1 is 1.28 bits per heavy atom. The predicted molar refractivity (Wildman–Crippen MR) is 94.8 cm³/mol. The zero-order valence-corrected chi connectivity index (χ0v) is 14.7. The molecule has 2 N–H and O–H groups in total. The molecule has 1 aromatic carbocycles. The maximum absolute atomic E-state index is 13.2. The molecule has 5 nitrogen and oxygen atoms in total. The van der Waals surface area contributed by atoms with E-state index in [1.165, 1.54) is 18.4 Å². The molecular formula is C20H25N3O2. The quantitative estimate of drug-likeness (QED) is 0.850. The first kappa shape index (κ1) is 16.3. The van der Waals surface area contributed by atoms with Gasteiger partial charge in [0.25, 0.3) is 0 Å². The van der Waals surface area contributed by atoms with E-state index < -0.39 is 0 Å². The number of aromatic amines is 1. The summed E-state index contributed by atoms with van der Waals surface area (Å²) in [5.74, 6) is 0.156. The Labute approximate surface area is 148 Å². The molecule has 2 aromatic rings. The predicted octanol–water partition coefficient (Wildman–Crippen LogP) is 3.07. The van der Waals surface area contributed by atoms with Crippen LogP contribution >= 0.6 is 0 Å². The SMILES string of the molecule is COCc1cc(CNC(=O)[C@@]2(c3ccccc3)CC23CCCC3)[nH]n1. The van der Waals surface area contributed by atoms with Gasteiger partial charge in [0, 0.05) is 7.11 Å². The lowest BCUT2D eigenvalue weighted by Gasteiger charge is -2.22. The molecule has 5 heteroatoms. The first-order valence-corrected chi connectivity index (χ1v) is 9.06. The zero-order chi connectivity index (χ0) is 17.3. The maximum atomic E-state index is 13.2. The van der Waals surface area contributed by atoms with Gasteiger partial charge >= 0.3 is 0 Å². The van der Waals surface area contributed by atoms with Gasteiger partial charge in [-0.05, 0) is 36.3 Å². The minimum Gasteiger partial charge on any atom is -0.378 e. The number of benzene rings is 1. The second-order valence-electron chi connectivity index (χ2n) is 7.44. The van der Waals surface area contributed by atoms with Crippen molar-refractivity contribution in [2.24, 2.45) is 5.41 Å². The number of hydrogen-bond donors (Lipinski definition) is 2. The second-order valence-corrected chi connectivity index (χ2v) is 7.44. The summed E-state index contributed by atoms with van der Waals surface area (Å²) in [5.41, 5.74) is 2.75. The third kappa shape index (κ3) is 2.67. The van der Waals surface area contributed by atoms with Crippen LogP contribution in [0.2, 0.25) is 0 Å². The Kier molecular flexibility index (Phi) is 4.12. The molecule has 1 spiro atoms. The van der Waals surface area contributed by atoms with E-state index in [0.29, 0.717) is 13.2 Å². The third-order valence-corrected chi connectivity index (χ3v) is 6.01. The van der Waals surface area contributed by atoms with Crippen LogP contribution in [0, 0.1) is 5.41 Å². The molecule has 2 saturated carbocycles. The van der Waals surface area contributed by atoms with Gasteiger partial charge in [0.05, 0.1) is 30.0 Å². The van der Waals surface area contributed by atoms with E-state index >= 15 is 0 Å². The van der Waals surface area contributed by atoms with E-state index in [9.17, 15) is 4.79 Å². The van der Waals surface area contributed by atoms with Crippen LogP contribution in [0.4, 0.5) is 0 Å². The topological polar surface area (TPSA) is 67.0 Å². The maximum Gasteiger partial charge on any atom is 0.231 e. The van der Waals surface area contributed by atoms with Crippen LogP contribution in [-0.2, 0) is 28.1 Å². The molecular weight excluding hydrogens is 314 g/mol. The number of methoxy groups -OCH3 is 1. The van der Waals surface area contributed by atoms with Crippen LogP contribution in [0.25, 0.3) is 0 Å². The van der Waals surface area contributed by atoms with Gasteiger partial charge in [-0.2, -0.15) is 5.10 Å². The molecule has 2 fully saturated rings. The average molecular weight is 339 g/mol. The van der Waals surface area contributed by atoms with Gasteiger partial charge in [0.15, 0.2) is 0 Å². The number of nitrogens with one attached hydrogen (secondary N) is 2. The molecule has 2 aliphatic carbocycles. The molecule has 1 amide bonds. The van der Waals surface area contributed by atoms with Crippen molar-refractivity contribution < 1.29 is 9.53 Å². The molecule has 4 rings (SSSR count). The van der Waals surface area contributed by atoms with E-state index in [4.69, 9.17) is 4.74 Å². The molecule has 0 unspecified atom stereocenters. The fourth-order valence-electron chi connectivity index (χ4n) is 4.75. The number of amides is 1. The number of hydrogen-bond acceptors (Lipinski definition) is 3. The summed E-state index contributed by atoms with van der Waals surface area (Å²) < 4.78 is 5.08. The van der Waals surface area contributed by atoms with Crippen molar-refractivity contribution in [2.45, 2.75) is 50.7 Å². The van der Waals surface area contributed by atoms with Crippen molar-refractivity contribution in [3.8, 4) is 0 Å². The monoisotopic (exact) mass is 339 g/mol. The van der Waals surface area contributed by atoms with E-state index in [0.717, 1.165) is 30.7 Å². The minimum atomic E-state index is -0.347. The lowest BCUT2D eigenvalue weighted by molar-refractivity contribution is -0.124. The molecule has 1 aromatic heterocycles. The Morgan fingerprint density at radius 3 is 2.76 bits per heavy atom. The standard InChI is InChI=1S/C20H25N3O2/c1-25-13-17-11-16(22-23-17)12-21-18(24)20(15-7-3-2-4-8-15)14-19(20)9-5-6-10-19/h2-4,7-8,11H,5-6,9-10,12-14H2,1H3,(H,21,24)(H,22,23)/t20-/m0/s1. The van der Waals surface area contributed by atoms with Crippen molar-refractivity contribution in [3.05, 3.63) is 53.3 Å². The molecule has 0 radical (unpaired) electrons. The number of rotatable bonds is 6. The van der Waals surface area contributed by atoms with Gasteiger partial charge in [0.2, 0.25) is 5.91 Å². The largest absolute Gasteiger partial charge is 0.378 e. The first-order valence-electron chi connectivity index (χ1n) is 9.06. The van der Waals surface area contributed by atoms with E-state index in [1.54, 1.807) is 7.11 Å². The Balaban J connectivity index is 1.51. The van der Waals surface area contributed by atoms with Crippen molar-refractivity contribution in [1.29, 1.82) is 0 Å². The average Bonchev–Trinajstić information content (AvgIpc) is 2.94. The fraction of sp³-hybridized carbons (Fsp3) is 0.500. The highest BCUT2D eigenvalue weighted by Gasteiger charge is 2.72. The summed E-state index contributed by atoms with van der Waals surface area (Å²) in [6, 6.07) is 12.3. The van der Waals surface area contributed by atoms with Gasteiger partial charge in [-0.15, -0.1) is 0 Å². The van der Waals surface area contributed by atoms with Crippen LogP contribution in [0.15, 0.2) is 36.4 Å². The molecule has 0 saturated heterocycles. The second kappa shape index (κ2) is 6.30. The lowest BCUT2D eigenvalue weighted by atomic mass is 9.84. The van der Waals surface area contributed by atoms with E-state index in [1.807, 2.05) is 24.3 Å². The smallest absolute Gasteiger partial charge is 0.231 e. The molecule has 2 aliphatic rings. The summed E-state index contributed by atoms with van der Waals surface area (Å²) in [6.45, 7) is 0.946. The highest BCUT2D eigenvalue weighted by molar-refractivity contribution is 5.93. The number of H-pyrrole nitrogens is 1. The summed E-state index contributed by atoms with van der Waals surface area (Å²) in [6.07, 6.45) is 5.79. The summed E-state index contributed by atoms with van der Waals surface area (Å²) in [7, 11) is 1.65. The summed E-state index contributed by atoms with van der Waals surface area (Å²) in [5, 5.41) is 10.3. The Bertz CT molecular complexity index is 749. The van der Waals surface area contributed by atoms with Crippen LogP contribution in [-0.4, -0.2) is 23.2 Å². The fourth-order valence-corrected chi connectivity index (χ4v) is 4.75. The van der Waals surface area contributed by atoms with E-state index in [-0.39, 0.29) is 16.7 Å². The van der Waals surface area contributed by atoms with Gasteiger partial charge in [-0.1, -0.05) is 43.2 Å². The zero-order valence-electron chi connectivity index (χ0n) is 14.7. The van der Waals surface area contributed by atoms with E-state index in [2.05, 4.69) is 27.6 Å². The van der Waals surface area contributed by atoms with Crippen molar-refractivity contribution in [3.63, 3.8) is 0 Å². The van der Waals surface area contributed by atoms with Crippen molar-refractivity contribution >= 4 is 5.91 Å². The van der Waals surface area contributed by atoms with Crippen molar-refractivity contribution in [2.75, 3.05) is 7.11 Å². The van der Waals surface area contributed by atoms with Gasteiger partial charge in [-0.3, -0.25) is 9.89 Å². The van der Waals surface area contributed by atoms with Crippen molar-refractivity contribution in [1.82, 2.24) is 15.5 Å².